The van der Waals surface area contributed by atoms with Gasteiger partial charge in [-0.25, -0.2) is 0 Å². The minimum Gasteiger partial charge on any atom is -0.481 e. The van der Waals surface area contributed by atoms with Crippen LogP contribution < -0.4 is 5.32 Å². The van der Waals surface area contributed by atoms with Crippen molar-refractivity contribution in [3.05, 3.63) is 12.2 Å². The van der Waals surface area contributed by atoms with E-state index in [9.17, 15) is 14.7 Å². The number of nitrogens with one attached hydrogen (secondary N) is 1. The minimum atomic E-state index is -0.827. The van der Waals surface area contributed by atoms with Crippen molar-refractivity contribution < 1.29 is 14.7 Å². The molecule has 3 aliphatic rings. The zero-order valence-electron chi connectivity index (χ0n) is 11.3. The molecule has 2 fully saturated rings. The molecule has 2 bridgehead atoms. The van der Waals surface area contributed by atoms with E-state index in [4.69, 9.17) is 0 Å². The van der Waals surface area contributed by atoms with Crippen LogP contribution in [0, 0.1) is 29.1 Å². The second kappa shape index (κ2) is 4.36. The van der Waals surface area contributed by atoms with E-state index in [0.29, 0.717) is 6.54 Å². The third kappa shape index (κ3) is 2.07. The number of carboxylic acids is 1. The first-order chi connectivity index (χ1) is 9.00. The van der Waals surface area contributed by atoms with Gasteiger partial charge < -0.3 is 10.4 Å². The first-order valence-corrected chi connectivity index (χ1v) is 7.19. The smallest absolute Gasteiger partial charge is 0.307 e. The number of carboxylic acid groups (broad SMARTS) is 1. The molecule has 4 unspecified atom stereocenters. The highest BCUT2D eigenvalue weighted by Crippen LogP contribution is 2.48. The van der Waals surface area contributed by atoms with Crippen LogP contribution in [0.4, 0.5) is 0 Å². The highest BCUT2D eigenvalue weighted by Gasteiger charge is 2.51. The van der Waals surface area contributed by atoms with Gasteiger partial charge in [-0.3, -0.25) is 9.59 Å². The highest BCUT2D eigenvalue weighted by atomic mass is 16.4. The molecular formula is C15H21NO3. The van der Waals surface area contributed by atoms with Crippen molar-refractivity contribution in [2.75, 3.05) is 6.54 Å². The summed E-state index contributed by atoms with van der Waals surface area (Å²) in [7, 11) is 0. The predicted octanol–water partition coefficient (Wildman–Crippen LogP) is 1.82. The number of amides is 1. The van der Waals surface area contributed by atoms with Crippen LogP contribution in [0.15, 0.2) is 12.2 Å². The summed E-state index contributed by atoms with van der Waals surface area (Å²) in [5, 5.41) is 12.3. The molecule has 3 rings (SSSR count). The Bertz CT molecular complexity index is 439. The topological polar surface area (TPSA) is 66.4 Å². The number of hydrogen-bond donors (Lipinski definition) is 2. The van der Waals surface area contributed by atoms with E-state index in [1.54, 1.807) is 0 Å². The zero-order chi connectivity index (χ0) is 13.6. The van der Waals surface area contributed by atoms with E-state index in [1.807, 2.05) is 12.2 Å². The summed E-state index contributed by atoms with van der Waals surface area (Å²) in [5.41, 5.74) is 0.238. The molecule has 0 heterocycles. The number of carbonyl (C=O) groups is 2. The predicted molar refractivity (Wildman–Crippen MR) is 70.3 cm³/mol. The molecule has 0 spiro atoms. The summed E-state index contributed by atoms with van der Waals surface area (Å²) in [6, 6.07) is 0. The molecule has 4 heteroatoms. The van der Waals surface area contributed by atoms with Gasteiger partial charge in [-0.15, -0.1) is 0 Å². The van der Waals surface area contributed by atoms with Gasteiger partial charge >= 0.3 is 5.97 Å². The maximum absolute atomic E-state index is 12.3. The Morgan fingerprint density at radius 1 is 1.26 bits per heavy atom. The Hall–Kier alpha value is -1.32. The van der Waals surface area contributed by atoms with Gasteiger partial charge in [0.05, 0.1) is 11.8 Å². The number of aliphatic carboxylic acids is 1. The molecule has 0 radical (unpaired) electrons. The molecule has 0 aromatic carbocycles. The number of fused-ring (bicyclic) bond motifs is 2. The minimum absolute atomic E-state index is 0.0533. The standard InChI is InChI=1S/C15H21NO3/c1-15(5-2-6-15)8-16-13(17)11-9-3-4-10(7-9)12(11)14(18)19/h3-4,9-12H,2,5-8H2,1H3,(H,16,17)(H,18,19). The lowest BCUT2D eigenvalue weighted by molar-refractivity contribution is -0.148. The van der Waals surface area contributed by atoms with Crippen LogP contribution >= 0.6 is 0 Å². The highest BCUT2D eigenvalue weighted by molar-refractivity contribution is 5.86. The summed E-state index contributed by atoms with van der Waals surface area (Å²) in [5.74, 6) is -1.59. The monoisotopic (exact) mass is 263 g/mol. The fraction of sp³-hybridized carbons (Fsp3) is 0.733. The first kappa shape index (κ1) is 12.7. The SMILES string of the molecule is CC1(CNC(=O)C2C3C=CC(C3)C2C(=O)O)CCC1. The van der Waals surface area contributed by atoms with Crippen LogP contribution in [0.3, 0.4) is 0 Å². The third-order valence-corrected chi connectivity index (χ3v) is 5.30. The zero-order valence-corrected chi connectivity index (χ0v) is 11.3. The lowest BCUT2D eigenvalue weighted by Crippen LogP contribution is -2.45. The quantitative estimate of drug-likeness (QED) is 0.760. The average molecular weight is 263 g/mol. The number of carbonyl (C=O) groups excluding carboxylic acids is 1. The fourth-order valence-corrected chi connectivity index (χ4v) is 3.89. The largest absolute Gasteiger partial charge is 0.481 e. The summed E-state index contributed by atoms with van der Waals surface area (Å²) in [4.78, 5) is 23.7. The Morgan fingerprint density at radius 3 is 2.42 bits per heavy atom. The van der Waals surface area contributed by atoms with Crippen LogP contribution in [0.5, 0.6) is 0 Å². The molecule has 2 N–H and O–H groups in total. The average Bonchev–Trinajstić information content (AvgIpc) is 2.93. The molecule has 4 nitrogen and oxygen atoms in total. The van der Waals surface area contributed by atoms with Crippen molar-refractivity contribution in [2.24, 2.45) is 29.1 Å². The fourth-order valence-electron chi connectivity index (χ4n) is 3.89. The van der Waals surface area contributed by atoms with Gasteiger partial charge in [-0.2, -0.15) is 0 Å². The molecule has 3 aliphatic carbocycles. The first-order valence-electron chi connectivity index (χ1n) is 7.19. The Kier molecular flexibility index (Phi) is 2.91. The maximum atomic E-state index is 12.3. The van der Waals surface area contributed by atoms with Gasteiger partial charge in [0, 0.05) is 6.54 Å². The van der Waals surface area contributed by atoms with E-state index >= 15 is 0 Å². The lowest BCUT2D eigenvalue weighted by Gasteiger charge is -2.39. The maximum Gasteiger partial charge on any atom is 0.307 e. The Morgan fingerprint density at radius 2 is 1.89 bits per heavy atom. The molecule has 0 saturated heterocycles. The van der Waals surface area contributed by atoms with Crippen molar-refractivity contribution in [2.45, 2.75) is 32.6 Å². The van der Waals surface area contributed by atoms with Crippen LogP contribution in [0.2, 0.25) is 0 Å². The van der Waals surface area contributed by atoms with Crippen LogP contribution in [0.1, 0.15) is 32.6 Å². The number of rotatable bonds is 4. The van der Waals surface area contributed by atoms with Gasteiger partial charge in [0.15, 0.2) is 0 Å². The van der Waals surface area contributed by atoms with Crippen molar-refractivity contribution in [1.82, 2.24) is 5.32 Å². The van der Waals surface area contributed by atoms with Crippen molar-refractivity contribution in [3.63, 3.8) is 0 Å². The van der Waals surface area contributed by atoms with Gasteiger partial charge in [-0.05, 0) is 36.5 Å². The van der Waals surface area contributed by atoms with Crippen molar-refractivity contribution in [3.8, 4) is 0 Å². The second-order valence-corrected chi connectivity index (χ2v) is 6.72. The van der Waals surface area contributed by atoms with E-state index in [2.05, 4.69) is 12.2 Å². The van der Waals surface area contributed by atoms with Crippen LogP contribution in [-0.4, -0.2) is 23.5 Å². The Balaban J connectivity index is 1.65. The second-order valence-electron chi connectivity index (χ2n) is 6.72. The third-order valence-electron chi connectivity index (χ3n) is 5.30. The van der Waals surface area contributed by atoms with Gasteiger partial charge in [0.1, 0.15) is 0 Å². The summed E-state index contributed by atoms with van der Waals surface area (Å²) < 4.78 is 0. The van der Waals surface area contributed by atoms with Crippen molar-refractivity contribution >= 4 is 11.9 Å². The van der Waals surface area contributed by atoms with Crippen molar-refractivity contribution in [1.29, 1.82) is 0 Å². The van der Waals surface area contributed by atoms with E-state index in [-0.39, 0.29) is 29.1 Å². The molecule has 104 valence electrons. The molecule has 0 aromatic heterocycles. The summed E-state index contributed by atoms with van der Waals surface area (Å²) in [6.45, 7) is 2.88. The van der Waals surface area contributed by atoms with Gasteiger partial charge in [0.2, 0.25) is 5.91 Å². The lowest BCUT2D eigenvalue weighted by atomic mass is 9.70. The Labute approximate surface area is 113 Å². The van der Waals surface area contributed by atoms with E-state index in [0.717, 1.165) is 19.3 Å². The van der Waals surface area contributed by atoms with Gasteiger partial charge in [-0.1, -0.05) is 25.5 Å². The molecular weight excluding hydrogens is 242 g/mol. The number of hydrogen-bond acceptors (Lipinski definition) is 2. The van der Waals surface area contributed by atoms with Gasteiger partial charge in [0.25, 0.3) is 0 Å². The molecule has 1 amide bonds. The number of allylic oxidation sites excluding steroid dienone is 2. The molecule has 2 saturated carbocycles. The van der Waals surface area contributed by atoms with E-state index < -0.39 is 11.9 Å². The van der Waals surface area contributed by atoms with E-state index in [1.165, 1.54) is 6.42 Å². The molecule has 0 aromatic rings. The summed E-state index contributed by atoms with van der Waals surface area (Å²) >= 11 is 0. The molecule has 0 aliphatic heterocycles. The normalized spacial score (nSPS) is 37.9. The van der Waals surface area contributed by atoms with Crippen LogP contribution in [-0.2, 0) is 9.59 Å². The molecule has 19 heavy (non-hydrogen) atoms. The summed E-state index contributed by atoms with van der Waals surface area (Å²) in [6.07, 6.45) is 8.38. The molecule has 4 atom stereocenters. The van der Waals surface area contributed by atoms with Crippen LogP contribution in [0.25, 0.3) is 0 Å².